The summed E-state index contributed by atoms with van der Waals surface area (Å²) in [6, 6.07) is 6.62. The fourth-order valence-corrected chi connectivity index (χ4v) is 9.92. The summed E-state index contributed by atoms with van der Waals surface area (Å²) in [4.78, 5) is 33.2. The van der Waals surface area contributed by atoms with Gasteiger partial charge in [-0.1, -0.05) is 32.3 Å². The van der Waals surface area contributed by atoms with Gasteiger partial charge in [-0.2, -0.15) is 12.7 Å². The Labute approximate surface area is 289 Å². The molecule has 2 N–H and O–H groups in total. The van der Waals surface area contributed by atoms with E-state index in [2.05, 4.69) is 39.4 Å². The van der Waals surface area contributed by atoms with Crippen LogP contribution in [0.4, 0.5) is 0 Å². The quantitative estimate of drug-likeness (QED) is 0.353. The second-order valence-corrected chi connectivity index (χ2v) is 17.1. The van der Waals surface area contributed by atoms with Crippen molar-refractivity contribution in [3.8, 4) is 5.75 Å². The summed E-state index contributed by atoms with van der Waals surface area (Å²) < 4.78 is 43.1. The number of hydrogen-bond donors (Lipinski definition) is 2. The second kappa shape index (κ2) is 13.1. The van der Waals surface area contributed by atoms with E-state index < -0.39 is 16.1 Å². The number of fused-ring (bicyclic) bond motifs is 7. The third-order valence-corrected chi connectivity index (χ3v) is 13.2. The number of rotatable bonds is 6. The Morgan fingerprint density at radius 3 is 2.39 bits per heavy atom. The summed E-state index contributed by atoms with van der Waals surface area (Å²) in [7, 11) is 0.483. The first kappa shape index (κ1) is 34.1. The molecule has 7 rings (SSSR count). The van der Waals surface area contributed by atoms with Crippen LogP contribution in [0.5, 0.6) is 5.75 Å². The van der Waals surface area contributed by atoms with Crippen LogP contribution in [0.2, 0.25) is 0 Å². The van der Waals surface area contributed by atoms with Gasteiger partial charge in [0.25, 0.3) is 5.91 Å². The Balaban J connectivity index is 1.37. The van der Waals surface area contributed by atoms with E-state index in [1.54, 1.807) is 7.11 Å². The number of morpholine rings is 1. The predicted molar refractivity (Wildman–Crippen MR) is 188 cm³/mol. The van der Waals surface area contributed by atoms with Crippen LogP contribution in [0.25, 0.3) is 10.9 Å². The van der Waals surface area contributed by atoms with Gasteiger partial charge < -0.3 is 23.9 Å². The summed E-state index contributed by atoms with van der Waals surface area (Å²) in [6.45, 7) is 7.82. The Morgan fingerprint density at radius 2 is 1.71 bits per heavy atom. The molecular weight excluding hydrogens is 643 g/mol. The molecule has 1 aromatic carbocycles. The van der Waals surface area contributed by atoms with Crippen molar-refractivity contribution in [2.45, 2.75) is 102 Å². The molecule has 4 heterocycles. The molecule has 2 amide bonds. The van der Waals surface area contributed by atoms with E-state index in [1.807, 2.05) is 24.9 Å². The van der Waals surface area contributed by atoms with E-state index in [-0.39, 0.29) is 47.5 Å². The molecule has 2 aromatic heterocycles. The summed E-state index contributed by atoms with van der Waals surface area (Å²) >= 11 is 0. The van der Waals surface area contributed by atoms with Crippen LogP contribution in [0.1, 0.15) is 116 Å². The van der Waals surface area contributed by atoms with Crippen molar-refractivity contribution < 1.29 is 27.5 Å². The topological polar surface area (TPSA) is 126 Å². The van der Waals surface area contributed by atoms with E-state index in [0.29, 0.717) is 32.0 Å². The van der Waals surface area contributed by atoms with Gasteiger partial charge >= 0.3 is 10.2 Å². The normalized spacial score (nSPS) is 27.7. The maximum atomic E-state index is 14.3. The number of amides is 2. The first-order chi connectivity index (χ1) is 23.4. The van der Waals surface area contributed by atoms with Crippen LogP contribution in [0.3, 0.4) is 0 Å². The Kier molecular flexibility index (Phi) is 9.11. The molecular formula is C37H51N5O6S. The molecule has 0 bridgehead atoms. The average molecular weight is 694 g/mol. The monoisotopic (exact) mass is 693 g/mol. The van der Waals surface area contributed by atoms with Crippen LogP contribution in [-0.2, 0) is 26.3 Å². The van der Waals surface area contributed by atoms with Gasteiger partial charge in [0, 0.05) is 61.9 Å². The molecule has 2 aliphatic heterocycles. The van der Waals surface area contributed by atoms with Crippen LogP contribution in [0.15, 0.2) is 24.4 Å². The largest absolute Gasteiger partial charge is 0.496 e. The Bertz CT molecular complexity index is 1850. The maximum Gasteiger partial charge on any atom is 0.303 e. The second-order valence-electron chi connectivity index (χ2n) is 15.2. The number of nitrogens with one attached hydrogen (secondary N) is 2. The fraction of sp³-hybridized carbons (Fsp3) is 0.622. The van der Waals surface area contributed by atoms with Crippen molar-refractivity contribution in [2.75, 3.05) is 34.3 Å². The number of carbonyl (C=O) groups excluding carboxylic acids is 2. The highest BCUT2D eigenvalue weighted by Gasteiger charge is 2.46. The van der Waals surface area contributed by atoms with Crippen molar-refractivity contribution >= 4 is 32.9 Å². The van der Waals surface area contributed by atoms with E-state index in [0.717, 1.165) is 51.3 Å². The number of aromatic amines is 1. The van der Waals surface area contributed by atoms with E-state index in [1.165, 1.54) is 44.6 Å². The lowest BCUT2D eigenvalue weighted by molar-refractivity contribution is -0.150. The summed E-state index contributed by atoms with van der Waals surface area (Å²) in [5.41, 5.74) is 5.66. The highest BCUT2D eigenvalue weighted by Crippen LogP contribution is 2.54. The maximum absolute atomic E-state index is 14.3. The minimum atomic E-state index is -4.02. The highest BCUT2D eigenvalue weighted by atomic mass is 32.2. The standard InChI is InChI=1S/C37H51N5O6S/c1-21-14-28-27(15-26(21)37(44)41-18-22(2)48-23(3)19-41)30-17-38-34(36(43)39-49(45,46)40(4)5)31(30)20-42-32(28)16-29-33(47-6)13-12-25(35(29)42)24-10-8-7-9-11-24/h12-13,16-17,21-24,26-28,38H,7-11,14-15,18-20H2,1-6H3,(H,39,43)/t21?,22-,23+,26-,27?,28-/m1/s1. The zero-order valence-electron chi connectivity index (χ0n) is 29.6. The molecule has 2 unspecified atom stereocenters. The number of H-pyrrole nitrogens is 1. The number of benzene rings is 1. The number of ether oxygens (including phenoxy) is 2. The SMILES string of the molecule is COc1ccc(C2CCCCC2)c2c1cc1n2Cc2c(c[nH]c2C(=O)NS(=O)(=O)N(C)C)C2C[C@@H](C(=O)N3C[C@@H](C)O[C@@H](C)C3)C(C)C[C@@H]12. The van der Waals surface area contributed by atoms with Crippen molar-refractivity contribution in [3.05, 3.63) is 52.5 Å². The molecule has 0 spiro atoms. The van der Waals surface area contributed by atoms with Crippen LogP contribution in [0, 0.1) is 11.8 Å². The average Bonchev–Trinajstić information content (AvgIpc) is 3.63. The summed E-state index contributed by atoms with van der Waals surface area (Å²) in [5, 5.41) is 1.07. The van der Waals surface area contributed by atoms with Gasteiger partial charge in [-0.25, -0.2) is 4.72 Å². The molecule has 12 heteroatoms. The van der Waals surface area contributed by atoms with E-state index in [9.17, 15) is 18.0 Å². The van der Waals surface area contributed by atoms with Gasteiger partial charge in [-0.05, 0) is 80.5 Å². The third-order valence-electron chi connectivity index (χ3n) is 11.7. The van der Waals surface area contributed by atoms with Crippen molar-refractivity contribution in [1.82, 2.24) is 23.5 Å². The summed E-state index contributed by atoms with van der Waals surface area (Å²) in [6.07, 6.45) is 9.25. The molecule has 3 fully saturated rings. The lowest BCUT2D eigenvalue weighted by atomic mass is 9.65. The van der Waals surface area contributed by atoms with Crippen LogP contribution >= 0.6 is 0 Å². The molecule has 266 valence electrons. The van der Waals surface area contributed by atoms with Gasteiger partial charge in [-0.15, -0.1) is 0 Å². The lowest BCUT2D eigenvalue weighted by Gasteiger charge is -2.43. The molecule has 2 saturated carbocycles. The van der Waals surface area contributed by atoms with Gasteiger partial charge in [0.15, 0.2) is 0 Å². The molecule has 1 saturated heterocycles. The Hall–Kier alpha value is -3.35. The van der Waals surface area contributed by atoms with E-state index in [4.69, 9.17) is 9.47 Å². The number of hydrogen-bond acceptors (Lipinski definition) is 6. The fourth-order valence-electron chi connectivity index (χ4n) is 9.40. The third kappa shape index (κ3) is 6.07. The van der Waals surface area contributed by atoms with Crippen LogP contribution in [-0.4, -0.2) is 85.5 Å². The van der Waals surface area contributed by atoms with Crippen molar-refractivity contribution in [2.24, 2.45) is 11.8 Å². The van der Waals surface area contributed by atoms with Gasteiger partial charge in [-0.3, -0.25) is 9.59 Å². The molecule has 49 heavy (non-hydrogen) atoms. The van der Waals surface area contributed by atoms with Gasteiger partial charge in [0.2, 0.25) is 5.91 Å². The highest BCUT2D eigenvalue weighted by molar-refractivity contribution is 7.87. The number of nitrogens with zero attached hydrogens (tertiary/aromatic N) is 3. The zero-order valence-corrected chi connectivity index (χ0v) is 30.4. The minimum Gasteiger partial charge on any atom is -0.496 e. The summed E-state index contributed by atoms with van der Waals surface area (Å²) in [5.74, 6) is 0.743. The smallest absolute Gasteiger partial charge is 0.303 e. The van der Waals surface area contributed by atoms with Crippen molar-refractivity contribution in [1.29, 1.82) is 0 Å². The molecule has 3 aromatic rings. The Morgan fingerprint density at radius 1 is 1.00 bits per heavy atom. The molecule has 6 atom stereocenters. The van der Waals surface area contributed by atoms with Gasteiger partial charge in [0.05, 0.1) is 31.4 Å². The molecule has 11 nitrogen and oxygen atoms in total. The van der Waals surface area contributed by atoms with Gasteiger partial charge in [0.1, 0.15) is 11.4 Å². The number of aromatic nitrogens is 2. The number of carbonyl (C=O) groups is 2. The molecule has 4 aliphatic rings. The zero-order chi connectivity index (χ0) is 34.8. The molecule has 0 radical (unpaired) electrons. The first-order valence-corrected chi connectivity index (χ1v) is 19.4. The predicted octanol–water partition coefficient (Wildman–Crippen LogP) is 5.47. The van der Waals surface area contributed by atoms with Crippen molar-refractivity contribution in [3.63, 3.8) is 0 Å². The first-order valence-electron chi connectivity index (χ1n) is 18.0. The van der Waals surface area contributed by atoms with E-state index >= 15 is 0 Å². The molecule has 2 aliphatic carbocycles. The van der Waals surface area contributed by atoms with Crippen LogP contribution < -0.4 is 9.46 Å². The minimum absolute atomic E-state index is 0.0166. The lowest BCUT2D eigenvalue weighted by Crippen LogP contribution is -2.51. The number of methoxy groups -OCH3 is 1.